The van der Waals surface area contributed by atoms with Crippen LogP contribution in [0.5, 0.6) is 0 Å². The van der Waals surface area contributed by atoms with Crippen LogP contribution in [-0.2, 0) is 27.1 Å². The molecule has 1 saturated heterocycles. The first kappa shape index (κ1) is 22.9. The van der Waals surface area contributed by atoms with Gasteiger partial charge in [-0.1, -0.05) is 0 Å². The molecule has 1 atom stereocenters. The summed E-state index contributed by atoms with van der Waals surface area (Å²) >= 11 is 1.69. The van der Waals surface area contributed by atoms with E-state index in [1.54, 1.807) is 30.2 Å². The van der Waals surface area contributed by atoms with E-state index >= 15 is 0 Å². The molecule has 0 unspecified atom stereocenters. The van der Waals surface area contributed by atoms with Crippen molar-refractivity contribution in [3.8, 4) is 0 Å². The molecule has 1 aromatic carbocycles. The minimum atomic E-state index is -3.64. The standard InChI is InChI=1S/C23H29N3O4S2/c1-2-25-12-9-18-15-21(7-8-22(18)25)32(28,29)26-11-3-5-19(16-26)23(27)24-10-14-31-17-20-6-4-13-30-20/h4,6-9,12-13,15,19H,2-3,5,10-11,14,16-17H2,1H3,(H,24,27)/t19-/m1/s1. The van der Waals surface area contributed by atoms with Gasteiger partial charge in [-0.15, -0.1) is 0 Å². The fraction of sp³-hybridized carbons (Fsp3) is 0.435. The number of amides is 1. The molecule has 0 radical (unpaired) electrons. The predicted molar refractivity (Wildman–Crippen MR) is 127 cm³/mol. The van der Waals surface area contributed by atoms with E-state index in [9.17, 15) is 13.2 Å². The van der Waals surface area contributed by atoms with E-state index in [1.165, 1.54) is 4.31 Å². The van der Waals surface area contributed by atoms with Crippen molar-refractivity contribution in [1.82, 2.24) is 14.2 Å². The molecule has 3 aromatic rings. The van der Waals surface area contributed by atoms with Gasteiger partial charge >= 0.3 is 0 Å². The van der Waals surface area contributed by atoms with Gasteiger partial charge in [0.05, 0.1) is 22.8 Å². The first-order valence-corrected chi connectivity index (χ1v) is 13.6. The second-order valence-electron chi connectivity index (χ2n) is 7.95. The van der Waals surface area contributed by atoms with Crippen LogP contribution in [0, 0.1) is 5.92 Å². The molecule has 0 saturated carbocycles. The molecule has 1 aliphatic rings. The third kappa shape index (κ3) is 5.05. The fourth-order valence-corrected chi connectivity index (χ4v) is 6.41. The van der Waals surface area contributed by atoms with E-state index in [2.05, 4.69) is 16.8 Å². The average Bonchev–Trinajstić information content (AvgIpc) is 3.48. The topological polar surface area (TPSA) is 84.5 Å². The van der Waals surface area contributed by atoms with Crippen LogP contribution in [-0.4, -0.2) is 48.6 Å². The van der Waals surface area contributed by atoms with Crippen molar-refractivity contribution >= 4 is 38.6 Å². The molecule has 1 fully saturated rings. The average molecular weight is 476 g/mol. The Morgan fingerprint density at radius 1 is 1.28 bits per heavy atom. The first-order valence-electron chi connectivity index (χ1n) is 11.0. The van der Waals surface area contributed by atoms with Crippen molar-refractivity contribution in [2.75, 3.05) is 25.4 Å². The molecule has 32 heavy (non-hydrogen) atoms. The molecule has 9 heteroatoms. The third-order valence-electron chi connectivity index (χ3n) is 5.85. The van der Waals surface area contributed by atoms with Crippen LogP contribution in [0.3, 0.4) is 0 Å². The predicted octanol–water partition coefficient (Wildman–Crippen LogP) is 3.70. The second kappa shape index (κ2) is 10.1. The van der Waals surface area contributed by atoms with Gasteiger partial charge in [0.1, 0.15) is 5.76 Å². The largest absolute Gasteiger partial charge is 0.468 e. The molecular formula is C23H29N3O4S2. The SMILES string of the molecule is CCn1ccc2cc(S(=O)(=O)N3CCC[C@@H](C(=O)NCCSCc4ccco4)C3)ccc21. The van der Waals surface area contributed by atoms with Crippen LogP contribution in [0.2, 0.25) is 0 Å². The Morgan fingerprint density at radius 3 is 2.94 bits per heavy atom. The van der Waals surface area contributed by atoms with Crippen molar-refractivity contribution < 1.29 is 17.6 Å². The molecule has 4 rings (SSSR count). The molecule has 1 N–H and O–H groups in total. The van der Waals surface area contributed by atoms with Gasteiger partial charge in [-0.2, -0.15) is 16.1 Å². The minimum Gasteiger partial charge on any atom is -0.468 e. The summed E-state index contributed by atoms with van der Waals surface area (Å²) in [5.74, 6) is 2.07. The molecule has 172 valence electrons. The first-order chi connectivity index (χ1) is 15.5. The Hall–Kier alpha value is -2.23. The van der Waals surface area contributed by atoms with E-state index in [-0.39, 0.29) is 23.3 Å². The molecule has 2 aromatic heterocycles. The van der Waals surface area contributed by atoms with Gasteiger partial charge in [0, 0.05) is 49.0 Å². The van der Waals surface area contributed by atoms with Crippen molar-refractivity contribution in [3.05, 3.63) is 54.6 Å². The third-order valence-corrected chi connectivity index (χ3v) is 8.69. The zero-order valence-electron chi connectivity index (χ0n) is 18.2. The summed E-state index contributed by atoms with van der Waals surface area (Å²) in [5, 5.41) is 3.87. The Bertz CT molecular complexity index is 1160. The number of furan rings is 1. The van der Waals surface area contributed by atoms with Crippen molar-refractivity contribution in [2.24, 2.45) is 5.92 Å². The van der Waals surface area contributed by atoms with Gasteiger partial charge in [0.2, 0.25) is 15.9 Å². The summed E-state index contributed by atoms with van der Waals surface area (Å²) in [6.45, 7) is 4.11. The maximum absolute atomic E-state index is 13.3. The number of nitrogens with one attached hydrogen (secondary N) is 1. The summed E-state index contributed by atoms with van der Waals surface area (Å²) < 4.78 is 35.4. The van der Waals surface area contributed by atoms with Crippen LogP contribution < -0.4 is 5.32 Å². The van der Waals surface area contributed by atoms with E-state index in [4.69, 9.17) is 4.42 Å². The Morgan fingerprint density at radius 2 is 2.16 bits per heavy atom. The maximum atomic E-state index is 13.3. The zero-order valence-corrected chi connectivity index (χ0v) is 19.8. The number of nitrogens with zero attached hydrogens (tertiary/aromatic N) is 2. The number of thioether (sulfide) groups is 1. The van der Waals surface area contributed by atoms with Gasteiger partial charge < -0.3 is 14.3 Å². The molecule has 7 nitrogen and oxygen atoms in total. The molecule has 3 heterocycles. The Labute approximate surface area is 193 Å². The van der Waals surface area contributed by atoms with Crippen molar-refractivity contribution in [2.45, 2.75) is 37.0 Å². The highest BCUT2D eigenvalue weighted by atomic mass is 32.2. The van der Waals surface area contributed by atoms with Crippen LogP contribution >= 0.6 is 11.8 Å². The van der Waals surface area contributed by atoms with Crippen molar-refractivity contribution in [1.29, 1.82) is 0 Å². The zero-order chi connectivity index (χ0) is 22.6. The second-order valence-corrected chi connectivity index (χ2v) is 11.0. The lowest BCUT2D eigenvalue weighted by atomic mass is 9.99. The minimum absolute atomic E-state index is 0.0704. The highest BCUT2D eigenvalue weighted by molar-refractivity contribution is 7.98. The van der Waals surface area contributed by atoms with Gasteiger partial charge in [0.15, 0.2) is 0 Å². The fourth-order valence-electron chi connectivity index (χ4n) is 4.10. The number of benzene rings is 1. The van der Waals surface area contributed by atoms with E-state index in [1.807, 2.05) is 30.5 Å². The van der Waals surface area contributed by atoms with Gasteiger partial charge in [-0.25, -0.2) is 8.42 Å². The van der Waals surface area contributed by atoms with E-state index < -0.39 is 10.0 Å². The highest BCUT2D eigenvalue weighted by Crippen LogP contribution is 2.27. The van der Waals surface area contributed by atoms with E-state index in [0.717, 1.165) is 34.7 Å². The Balaban J connectivity index is 1.33. The normalized spacial score (nSPS) is 17.6. The summed E-state index contributed by atoms with van der Waals surface area (Å²) in [6, 6.07) is 11.0. The van der Waals surface area contributed by atoms with E-state index in [0.29, 0.717) is 25.9 Å². The van der Waals surface area contributed by atoms with Crippen LogP contribution in [0.25, 0.3) is 10.9 Å². The molecule has 0 aliphatic carbocycles. The number of hydrogen-bond acceptors (Lipinski definition) is 5. The quantitative estimate of drug-likeness (QED) is 0.477. The summed E-state index contributed by atoms with van der Waals surface area (Å²) in [5.41, 5.74) is 1.02. The van der Waals surface area contributed by atoms with Gasteiger partial charge in [-0.05, 0) is 56.2 Å². The maximum Gasteiger partial charge on any atom is 0.243 e. The number of fused-ring (bicyclic) bond motifs is 1. The molecule has 1 aliphatic heterocycles. The number of piperidine rings is 1. The summed E-state index contributed by atoms with van der Waals surface area (Å²) in [7, 11) is -3.64. The number of hydrogen-bond donors (Lipinski definition) is 1. The number of rotatable bonds is 9. The van der Waals surface area contributed by atoms with Crippen molar-refractivity contribution in [3.63, 3.8) is 0 Å². The number of sulfonamides is 1. The molecular weight excluding hydrogens is 446 g/mol. The molecule has 1 amide bonds. The van der Waals surface area contributed by atoms with Crippen LogP contribution in [0.15, 0.2) is 58.2 Å². The molecule has 0 bridgehead atoms. The summed E-state index contributed by atoms with van der Waals surface area (Å²) in [6.07, 6.45) is 5.00. The van der Waals surface area contributed by atoms with Crippen LogP contribution in [0.1, 0.15) is 25.5 Å². The monoisotopic (exact) mass is 475 g/mol. The highest BCUT2D eigenvalue weighted by Gasteiger charge is 2.33. The number of carbonyl (C=O) groups is 1. The van der Waals surface area contributed by atoms with Gasteiger partial charge in [-0.3, -0.25) is 4.79 Å². The molecule has 0 spiro atoms. The number of aryl methyl sites for hydroxylation is 1. The smallest absolute Gasteiger partial charge is 0.243 e. The Kier molecular flexibility index (Phi) is 7.27. The number of carbonyl (C=O) groups excluding carboxylic acids is 1. The van der Waals surface area contributed by atoms with Crippen LogP contribution in [0.4, 0.5) is 0 Å². The lowest BCUT2D eigenvalue weighted by molar-refractivity contribution is -0.125. The number of aromatic nitrogens is 1. The summed E-state index contributed by atoms with van der Waals surface area (Å²) in [4.78, 5) is 12.9. The lowest BCUT2D eigenvalue weighted by Crippen LogP contribution is -2.45. The van der Waals surface area contributed by atoms with Gasteiger partial charge in [0.25, 0.3) is 0 Å². The lowest BCUT2D eigenvalue weighted by Gasteiger charge is -2.31.